The fraction of sp³-hybridized carbons (Fsp3) is 0.308. The molecule has 1 heterocycles. The summed E-state index contributed by atoms with van der Waals surface area (Å²) in [5.41, 5.74) is 2.00. The summed E-state index contributed by atoms with van der Waals surface area (Å²) in [4.78, 5) is 4.61. The first-order chi connectivity index (χ1) is 8.24. The van der Waals surface area contributed by atoms with Gasteiger partial charge in [0.1, 0.15) is 5.75 Å². The average molecular weight is 248 g/mol. The van der Waals surface area contributed by atoms with Crippen molar-refractivity contribution in [2.24, 2.45) is 0 Å². The van der Waals surface area contributed by atoms with Gasteiger partial charge >= 0.3 is 0 Å². The van der Waals surface area contributed by atoms with Crippen molar-refractivity contribution in [1.82, 2.24) is 9.55 Å². The summed E-state index contributed by atoms with van der Waals surface area (Å²) in [7, 11) is 0. The van der Waals surface area contributed by atoms with Crippen LogP contribution in [0.1, 0.15) is 13.8 Å². The van der Waals surface area contributed by atoms with Gasteiger partial charge in [0.15, 0.2) is 5.16 Å². The summed E-state index contributed by atoms with van der Waals surface area (Å²) in [6.45, 7) is 5.16. The summed E-state index contributed by atoms with van der Waals surface area (Å²) in [5, 5.41) is 10.3. The van der Waals surface area contributed by atoms with Gasteiger partial charge in [0.2, 0.25) is 0 Å². The van der Waals surface area contributed by atoms with Gasteiger partial charge in [0, 0.05) is 18.3 Å². The van der Waals surface area contributed by atoms with E-state index in [4.69, 9.17) is 0 Å². The van der Waals surface area contributed by atoms with Crippen molar-refractivity contribution in [3.05, 3.63) is 30.5 Å². The molecule has 0 aliphatic carbocycles. The Kier molecular flexibility index (Phi) is 3.74. The first-order valence-electron chi connectivity index (χ1n) is 5.74. The summed E-state index contributed by atoms with van der Waals surface area (Å²) < 4.78 is 2.15. The van der Waals surface area contributed by atoms with Gasteiger partial charge in [-0.3, -0.25) is 0 Å². The molecule has 2 rings (SSSR count). The van der Waals surface area contributed by atoms with Crippen molar-refractivity contribution in [3.8, 4) is 17.0 Å². The molecule has 0 saturated heterocycles. The largest absolute Gasteiger partial charge is 0.508 e. The van der Waals surface area contributed by atoms with Gasteiger partial charge in [-0.25, -0.2) is 4.98 Å². The van der Waals surface area contributed by atoms with E-state index in [0.29, 0.717) is 0 Å². The first kappa shape index (κ1) is 12.0. The molecule has 90 valence electrons. The number of aromatic hydroxyl groups is 1. The highest BCUT2D eigenvalue weighted by molar-refractivity contribution is 7.99. The molecule has 4 heteroatoms. The third kappa shape index (κ3) is 2.64. The number of hydrogen-bond donors (Lipinski definition) is 1. The summed E-state index contributed by atoms with van der Waals surface area (Å²) in [6, 6.07) is 7.15. The van der Waals surface area contributed by atoms with E-state index in [1.807, 2.05) is 12.1 Å². The fourth-order valence-electron chi connectivity index (χ4n) is 1.64. The van der Waals surface area contributed by atoms with Crippen molar-refractivity contribution < 1.29 is 5.11 Å². The van der Waals surface area contributed by atoms with Crippen LogP contribution in [0.15, 0.2) is 35.6 Å². The molecule has 0 unspecified atom stereocenters. The molecule has 0 saturated carbocycles. The average Bonchev–Trinajstić information content (AvgIpc) is 2.74. The second-order valence-electron chi connectivity index (χ2n) is 3.67. The normalized spacial score (nSPS) is 10.7. The van der Waals surface area contributed by atoms with E-state index in [2.05, 4.69) is 29.6 Å². The lowest BCUT2D eigenvalue weighted by Crippen LogP contribution is -1.93. The van der Waals surface area contributed by atoms with Crippen LogP contribution in [0.25, 0.3) is 11.3 Å². The minimum absolute atomic E-state index is 0.284. The van der Waals surface area contributed by atoms with Crippen LogP contribution in [0.2, 0.25) is 0 Å². The van der Waals surface area contributed by atoms with Crippen LogP contribution < -0.4 is 0 Å². The zero-order valence-electron chi connectivity index (χ0n) is 10.1. The van der Waals surface area contributed by atoms with E-state index >= 15 is 0 Å². The Morgan fingerprint density at radius 3 is 2.53 bits per heavy atom. The van der Waals surface area contributed by atoms with Crippen LogP contribution in [0.3, 0.4) is 0 Å². The molecule has 0 fully saturated rings. The predicted molar refractivity (Wildman–Crippen MR) is 71.4 cm³/mol. The third-order valence-electron chi connectivity index (χ3n) is 2.52. The van der Waals surface area contributed by atoms with Gasteiger partial charge in [0.05, 0.1) is 5.69 Å². The maximum atomic E-state index is 9.26. The molecular formula is C13H16N2OS. The van der Waals surface area contributed by atoms with Crippen molar-refractivity contribution in [3.63, 3.8) is 0 Å². The van der Waals surface area contributed by atoms with Crippen LogP contribution in [-0.2, 0) is 6.54 Å². The number of nitrogens with zero attached hydrogens (tertiary/aromatic N) is 2. The molecule has 1 aromatic carbocycles. The van der Waals surface area contributed by atoms with Crippen LogP contribution in [0.5, 0.6) is 5.75 Å². The minimum Gasteiger partial charge on any atom is -0.508 e. The minimum atomic E-state index is 0.284. The van der Waals surface area contributed by atoms with Crippen LogP contribution in [-0.4, -0.2) is 20.4 Å². The predicted octanol–water partition coefficient (Wildman–Crippen LogP) is 3.39. The second-order valence-corrected chi connectivity index (χ2v) is 4.91. The molecule has 0 aliphatic rings. The molecule has 0 atom stereocenters. The highest BCUT2D eigenvalue weighted by Gasteiger charge is 2.08. The number of thioether (sulfide) groups is 1. The van der Waals surface area contributed by atoms with Crippen molar-refractivity contribution in [2.75, 3.05) is 5.75 Å². The molecule has 0 amide bonds. The maximum Gasteiger partial charge on any atom is 0.168 e. The Hall–Kier alpha value is -1.42. The summed E-state index contributed by atoms with van der Waals surface area (Å²) >= 11 is 1.75. The number of phenolic OH excluding ortho intramolecular Hbond substituents is 1. The lowest BCUT2D eigenvalue weighted by Gasteiger charge is -2.00. The standard InChI is InChI=1S/C13H16N2OS/c1-3-15-9-12(14-13(15)17-4-2)10-5-7-11(16)8-6-10/h5-9,16H,3-4H2,1-2H3. The number of aryl methyl sites for hydroxylation is 1. The highest BCUT2D eigenvalue weighted by atomic mass is 32.2. The zero-order chi connectivity index (χ0) is 12.3. The Morgan fingerprint density at radius 2 is 1.94 bits per heavy atom. The Balaban J connectivity index is 2.35. The number of hydrogen-bond acceptors (Lipinski definition) is 3. The molecular weight excluding hydrogens is 232 g/mol. The highest BCUT2D eigenvalue weighted by Crippen LogP contribution is 2.25. The molecule has 0 radical (unpaired) electrons. The lowest BCUT2D eigenvalue weighted by molar-refractivity contribution is 0.475. The quantitative estimate of drug-likeness (QED) is 0.843. The molecule has 0 aliphatic heterocycles. The van der Waals surface area contributed by atoms with Gasteiger partial charge in [-0.1, -0.05) is 18.7 Å². The Labute approximate surface area is 106 Å². The van der Waals surface area contributed by atoms with Gasteiger partial charge in [-0.2, -0.15) is 0 Å². The van der Waals surface area contributed by atoms with Crippen molar-refractivity contribution in [2.45, 2.75) is 25.5 Å². The SMILES string of the molecule is CCSc1nc(-c2ccc(O)cc2)cn1CC. The number of phenols is 1. The topological polar surface area (TPSA) is 38.1 Å². The molecule has 3 nitrogen and oxygen atoms in total. The van der Waals surface area contributed by atoms with Crippen LogP contribution in [0, 0.1) is 0 Å². The van der Waals surface area contributed by atoms with Gasteiger partial charge < -0.3 is 9.67 Å². The summed E-state index contributed by atoms with van der Waals surface area (Å²) in [5.74, 6) is 1.30. The van der Waals surface area contributed by atoms with E-state index < -0.39 is 0 Å². The first-order valence-corrected chi connectivity index (χ1v) is 6.72. The molecule has 0 spiro atoms. The Bertz CT molecular complexity index is 491. The van der Waals surface area contributed by atoms with Gasteiger partial charge in [0.25, 0.3) is 0 Å². The second kappa shape index (κ2) is 5.27. The van der Waals surface area contributed by atoms with E-state index in [9.17, 15) is 5.11 Å². The van der Waals surface area contributed by atoms with E-state index in [1.54, 1.807) is 23.9 Å². The smallest absolute Gasteiger partial charge is 0.168 e. The van der Waals surface area contributed by atoms with Gasteiger partial charge in [-0.05, 0) is 36.9 Å². The fourth-order valence-corrected chi connectivity index (χ4v) is 2.41. The van der Waals surface area contributed by atoms with E-state index in [1.165, 1.54) is 0 Å². The van der Waals surface area contributed by atoms with Crippen molar-refractivity contribution in [1.29, 1.82) is 0 Å². The molecule has 17 heavy (non-hydrogen) atoms. The van der Waals surface area contributed by atoms with Gasteiger partial charge in [-0.15, -0.1) is 0 Å². The van der Waals surface area contributed by atoms with Crippen molar-refractivity contribution >= 4 is 11.8 Å². The lowest BCUT2D eigenvalue weighted by atomic mass is 10.2. The molecule has 1 aromatic heterocycles. The van der Waals surface area contributed by atoms with Crippen LogP contribution in [0.4, 0.5) is 0 Å². The Morgan fingerprint density at radius 1 is 1.24 bits per heavy atom. The maximum absolute atomic E-state index is 9.26. The number of benzene rings is 1. The number of imidazole rings is 1. The third-order valence-corrected chi connectivity index (χ3v) is 3.39. The summed E-state index contributed by atoms with van der Waals surface area (Å²) in [6.07, 6.45) is 2.06. The molecule has 0 bridgehead atoms. The van der Waals surface area contributed by atoms with Crippen LogP contribution >= 0.6 is 11.8 Å². The molecule has 2 aromatic rings. The number of rotatable bonds is 4. The van der Waals surface area contributed by atoms with E-state index in [-0.39, 0.29) is 5.75 Å². The number of aromatic nitrogens is 2. The monoisotopic (exact) mass is 248 g/mol. The molecule has 1 N–H and O–H groups in total. The van der Waals surface area contributed by atoms with E-state index in [0.717, 1.165) is 28.7 Å². The zero-order valence-corrected chi connectivity index (χ0v) is 10.9.